The van der Waals surface area contributed by atoms with Gasteiger partial charge in [0.2, 0.25) is 5.91 Å². The van der Waals surface area contributed by atoms with Crippen LogP contribution in [0.1, 0.15) is 13.3 Å². The van der Waals surface area contributed by atoms with Crippen LogP contribution in [-0.2, 0) is 4.79 Å². The molecule has 1 fully saturated rings. The zero-order valence-corrected chi connectivity index (χ0v) is 6.81. The number of imide groups is 1. The summed E-state index contributed by atoms with van der Waals surface area (Å²) in [6, 6.07) is -0.514. The van der Waals surface area contributed by atoms with Gasteiger partial charge in [-0.05, 0) is 6.42 Å². The van der Waals surface area contributed by atoms with Crippen molar-refractivity contribution in [2.45, 2.75) is 18.8 Å². The maximum atomic E-state index is 11.0. The van der Waals surface area contributed by atoms with Crippen LogP contribution in [0.15, 0.2) is 0 Å². The molecule has 0 aromatic carbocycles. The quantitative estimate of drug-likeness (QED) is 0.449. The molecular formula is C6H9ClN2O2. The summed E-state index contributed by atoms with van der Waals surface area (Å²) in [5.41, 5.74) is -0.568. The average Bonchev–Trinajstić information content (AvgIpc) is 1.85. The lowest BCUT2D eigenvalue weighted by Crippen LogP contribution is -2.55. The lowest BCUT2D eigenvalue weighted by atomic mass is 10.0. The highest BCUT2D eigenvalue weighted by Crippen LogP contribution is 2.15. The number of hydrogen-bond donors (Lipinski definition) is 2. The average molecular weight is 177 g/mol. The molecule has 3 amide bonds. The summed E-state index contributed by atoms with van der Waals surface area (Å²) in [6.07, 6.45) is 0.625. The maximum Gasteiger partial charge on any atom is 0.322 e. The third-order valence-corrected chi connectivity index (χ3v) is 2.05. The van der Waals surface area contributed by atoms with Gasteiger partial charge in [0.05, 0.1) is 5.92 Å². The minimum Gasteiger partial charge on any atom is -0.321 e. The summed E-state index contributed by atoms with van der Waals surface area (Å²) in [5, 5.41) is 4.54. The SMILES string of the molecule is CCC1C(=O)NC(=O)NC1Cl. The molecule has 2 atom stereocenters. The first-order valence-corrected chi connectivity index (χ1v) is 3.84. The molecule has 0 radical (unpaired) electrons. The van der Waals surface area contributed by atoms with E-state index in [1.54, 1.807) is 0 Å². The van der Waals surface area contributed by atoms with E-state index in [1.165, 1.54) is 0 Å². The molecule has 0 bridgehead atoms. The summed E-state index contributed by atoms with van der Waals surface area (Å²) in [6.45, 7) is 1.84. The number of urea groups is 1. The second-order valence-electron chi connectivity index (χ2n) is 2.38. The van der Waals surface area contributed by atoms with E-state index in [0.717, 1.165) is 0 Å². The van der Waals surface area contributed by atoms with Crippen molar-refractivity contribution < 1.29 is 9.59 Å². The third-order valence-electron chi connectivity index (χ3n) is 1.64. The van der Waals surface area contributed by atoms with E-state index in [-0.39, 0.29) is 11.8 Å². The van der Waals surface area contributed by atoms with Crippen LogP contribution in [-0.4, -0.2) is 17.4 Å². The molecule has 2 unspecified atom stereocenters. The molecule has 5 heteroatoms. The standard InChI is InChI=1S/C6H9ClN2O2/c1-2-3-4(7)8-6(11)9-5(3)10/h3-4H,2H2,1H3,(H2,8,9,10,11). The Bertz CT molecular complexity index is 195. The predicted octanol–water partition coefficient (Wildman–Crippen LogP) is 0.417. The molecule has 2 N–H and O–H groups in total. The zero-order chi connectivity index (χ0) is 8.43. The Kier molecular flexibility index (Phi) is 2.34. The number of rotatable bonds is 1. The first-order chi connectivity index (χ1) is 5.15. The third kappa shape index (κ3) is 1.63. The van der Waals surface area contributed by atoms with Gasteiger partial charge in [-0.2, -0.15) is 0 Å². The molecule has 62 valence electrons. The Labute approximate surface area is 69.3 Å². The van der Waals surface area contributed by atoms with Crippen molar-refractivity contribution >= 4 is 23.5 Å². The minimum atomic E-state index is -0.568. The summed E-state index contributed by atoms with van der Waals surface area (Å²) in [7, 11) is 0. The summed E-state index contributed by atoms with van der Waals surface area (Å²) in [5.74, 6) is -0.606. The van der Waals surface area contributed by atoms with E-state index in [4.69, 9.17) is 11.6 Å². The van der Waals surface area contributed by atoms with Crippen LogP contribution < -0.4 is 10.6 Å². The zero-order valence-electron chi connectivity index (χ0n) is 6.06. The molecule has 0 spiro atoms. The number of alkyl halides is 1. The molecule has 1 rings (SSSR count). The number of hydrogen-bond acceptors (Lipinski definition) is 2. The molecule has 1 aliphatic heterocycles. The van der Waals surface area contributed by atoms with Gasteiger partial charge in [0.1, 0.15) is 5.50 Å². The smallest absolute Gasteiger partial charge is 0.321 e. The Morgan fingerprint density at radius 1 is 1.55 bits per heavy atom. The summed E-state index contributed by atoms with van der Waals surface area (Å²) in [4.78, 5) is 21.6. The monoisotopic (exact) mass is 176 g/mol. The first-order valence-electron chi connectivity index (χ1n) is 3.40. The van der Waals surface area contributed by atoms with Crippen molar-refractivity contribution in [3.63, 3.8) is 0 Å². The molecule has 1 heterocycles. The molecule has 0 aromatic rings. The van der Waals surface area contributed by atoms with E-state index in [9.17, 15) is 9.59 Å². The van der Waals surface area contributed by atoms with Gasteiger partial charge < -0.3 is 5.32 Å². The van der Waals surface area contributed by atoms with E-state index in [1.807, 2.05) is 6.92 Å². The number of nitrogens with one attached hydrogen (secondary N) is 2. The Morgan fingerprint density at radius 2 is 2.18 bits per heavy atom. The number of carbonyl (C=O) groups excluding carboxylic acids is 2. The van der Waals surface area contributed by atoms with Gasteiger partial charge >= 0.3 is 6.03 Å². The van der Waals surface area contributed by atoms with E-state index in [2.05, 4.69) is 10.6 Å². The van der Waals surface area contributed by atoms with Crippen LogP contribution in [0.25, 0.3) is 0 Å². The van der Waals surface area contributed by atoms with Gasteiger partial charge in [-0.1, -0.05) is 18.5 Å². The second-order valence-corrected chi connectivity index (χ2v) is 2.85. The summed E-state index contributed by atoms with van der Waals surface area (Å²) >= 11 is 5.68. The lowest BCUT2D eigenvalue weighted by Gasteiger charge is -2.25. The highest BCUT2D eigenvalue weighted by molar-refractivity contribution is 6.24. The van der Waals surface area contributed by atoms with Crippen molar-refractivity contribution in [2.75, 3.05) is 0 Å². The van der Waals surface area contributed by atoms with Crippen molar-refractivity contribution in [3.8, 4) is 0 Å². The van der Waals surface area contributed by atoms with Gasteiger partial charge in [0.15, 0.2) is 0 Å². The highest BCUT2D eigenvalue weighted by atomic mass is 35.5. The second kappa shape index (κ2) is 3.09. The van der Waals surface area contributed by atoms with Gasteiger partial charge in [-0.3, -0.25) is 10.1 Å². The van der Waals surface area contributed by atoms with Gasteiger partial charge in [0.25, 0.3) is 0 Å². The van der Waals surface area contributed by atoms with Crippen molar-refractivity contribution in [1.29, 1.82) is 0 Å². The first kappa shape index (κ1) is 8.33. The van der Waals surface area contributed by atoms with Crippen molar-refractivity contribution in [2.24, 2.45) is 5.92 Å². The number of carbonyl (C=O) groups is 2. The normalized spacial score (nSPS) is 31.1. The molecule has 4 nitrogen and oxygen atoms in total. The van der Waals surface area contributed by atoms with E-state index in [0.29, 0.717) is 6.42 Å². The van der Waals surface area contributed by atoms with Crippen molar-refractivity contribution in [1.82, 2.24) is 10.6 Å². The Balaban J connectivity index is 2.66. The van der Waals surface area contributed by atoms with Crippen LogP contribution in [0.5, 0.6) is 0 Å². The topological polar surface area (TPSA) is 58.2 Å². The van der Waals surface area contributed by atoms with E-state index >= 15 is 0 Å². The van der Waals surface area contributed by atoms with E-state index < -0.39 is 11.5 Å². The van der Waals surface area contributed by atoms with Crippen LogP contribution in [0, 0.1) is 5.92 Å². The molecular weight excluding hydrogens is 168 g/mol. The fourth-order valence-electron chi connectivity index (χ4n) is 0.992. The molecule has 0 aliphatic carbocycles. The Morgan fingerprint density at radius 3 is 2.64 bits per heavy atom. The van der Waals surface area contributed by atoms with Crippen LogP contribution in [0.2, 0.25) is 0 Å². The Hall–Kier alpha value is -0.770. The van der Waals surface area contributed by atoms with Crippen molar-refractivity contribution in [3.05, 3.63) is 0 Å². The molecule has 0 aromatic heterocycles. The molecule has 11 heavy (non-hydrogen) atoms. The maximum absolute atomic E-state index is 11.0. The van der Waals surface area contributed by atoms with Crippen LogP contribution >= 0.6 is 11.6 Å². The van der Waals surface area contributed by atoms with Gasteiger partial charge in [0, 0.05) is 0 Å². The fraction of sp³-hybridized carbons (Fsp3) is 0.667. The molecule has 1 aliphatic rings. The predicted molar refractivity (Wildman–Crippen MR) is 40.1 cm³/mol. The van der Waals surface area contributed by atoms with Crippen LogP contribution in [0.4, 0.5) is 4.79 Å². The minimum absolute atomic E-state index is 0.295. The van der Waals surface area contributed by atoms with Gasteiger partial charge in [-0.15, -0.1) is 0 Å². The number of amides is 3. The van der Waals surface area contributed by atoms with Gasteiger partial charge in [-0.25, -0.2) is 4.79 Å². The molecule has 0 saturated carbocycles. The number of halogens is 1. The summed E-state index contributed by atoms with van der Waals surface area (Å²) < 4.78 is 0. The fourth-order valence-corrected chi connectivity index (χ4v) is 1.38. The molecule has 1 saturated heterocycles. The highest BCUT2D eigenvalue weighted by Gasteiger charge is 2.32. The lowest BCUT2D eigenvalue weighted by molar-refractivity contribution is -0.125. The largest absolute Gasteiger partial charge is 0.322 e. The van der Waals surface area contributed by atoms with Crippen LogP contribution in [0.3, 0.4) is 0 Å².